The SMILES string of the molecule is CCCN(CCC)C(=O)C1(C(=O)Nc2cc(Cl)ccc2Cl)CC1. The lowest BCUT2D eigenvalue weighted by Crippen LogP contribution is -2.43. The molecule has 1 aliphatic carbocycles. The minimum Gasteiger partial charge on any atom is -0.342 e. The van der Waals surface area contributed by atoms with E-state index in [9.17, 15) is 9.59 Å². The molecule has 0 bridgehead atoms. The number of nitrogens with zero attached hydrogens (tertiary/aromatic N) is 1. The molecule has 1 fully saturated rings. The van der Waals surface area contributed by atoms with Crippen molar-refractivity contribution in [2.75, 3.05) is 18.4 Å². The summed E-state index contributed by atoms with van der Waals surface area (Å²) in [6.45, 7) is 5.42. The Labute approximate surface area is 147 Å². The van der Waals surface area contributed by atoms with Crippen molar-refractivity contribution in [1.29, 1.82) is 0 Å². The summed E-state index contributed by atoms with van der Waals surface area (Å²) >= 11 is 12.0. The van der Waals surface area contributed by atoms with Crippen molar-refractivity contribution in [1.82, 2.24) is 4.90 Å². The van der Waals surface area contributed by atoms with Crippen LogP contribution >= 0.6 is 23.2 Å². The zero-order valence-corrected chi connectivity index (χ0v) is 15.0. The van der Waals surface area contributed by atoms with Crippen LogP contribution in [0.15, 0.2) is 18.2 Å². The lowest BCUT2D eigenvalue weighted by molar-refractivity contribution is -0.142. The maximum Gasteiger partial charge on any atom is 0.240 e. The van der Waals surface area contributed by atoms with E-state index in [-0.39, 0.29) is 11.8 Å². The summed E-state index contributed by atoms with van der Waals surface area (Å²) in [7, 11) is 0. The van der Waals surface area contributed by atoms with Crippen LogP contribution in [-0.4, -0.2) is 29.8 Å². The summed E-state index contributed by atoms with van der Waals surface area (Å²) in [5, 5.41) is 3.66. The average Bonchev–Trinajstić information content (AvgIpc) is 3.32. The van der Waals surface area contributed by atoms with Crippen LogP contribution in [0.5, 0.6) is 0 Å². The van der Waals surface area contributed by atoms with E-state index in [0.29, 0.717) is 41.7 Å². The third kappa shape index (κ3) is 3.99. The van der Waals surface area contributed by atoms with E-state index < -0.39 is 5.41 Å². The molecule has 23 heavy (non-hydrogen) atoms. The average molecular weight is 357 g/mol. The largest absolute Gasteiger partial charge is 0.342 e. The van der Waals surface area contributed by atoms with Crippen molar-refractivity contribution in [2.45, 2.75) is 39.5 Å². The van der Waals surface area contributed by atoms with E-state index in [0.717, 1.165) is 12.8 Å². The maximum absolute atomic E-state index is 12.8. The Kier molecular flexibility index (Phi) is 5.93. The number of anilines is 1. The van der Waals surface area contributed by atoms with Gasteiger partial charge in [0.2, 0.25) is 11.8 Å². The molecular weight excluding hydrogens is 335 g/mol. The van der Waals surface area contributed by atoms with Gasteiger partial charge < -0.3 is 10.2 Å². The molecule has 0 saturated heterocycles. The number of nitrogens with one attached hydrogen (secondary N) is 1. The van der Waals surface area contributed by atoms with E-state index in [2.05, 4.69) is 5.32 Å². The Bertz CT molecular complexity index is 594. The summed E-state index contributed by atoms with van der Waals surface area (Å²) < 4.78 is 0. The van der Waals surface area contributed by atoms with E-state index in [1.165, 1.54) is 0 Å². The van der Waals surface area contributed by atoms with E-state index in [1.807, 2.05) is 13.8 Å². The quantitative estimate of drug-likeness (QED) is 0.737. The Morgan fingerprint density at radius 3 is 2.30 bits per heavy atom. The molecule has 2 amide bonds. The molecule has 0 aliphatic heterocycles. The molecule has 1 aromatic rings. The summed E-state index contributed by atoms with van der Waals surface area (Å²) in [5.74, 6) is -0.360. The van der Waals surface area contributed by atoms with Crippen molar-refractivity contribution in [2.24, 2.45) is 5.41 Å². The molecule has 1 aromatic carbocycles. The van der Waals surface area contributed by atoms with Gasteiger partial charge in [-0.1, -0.05) is 37.0 Å². The number of hydrogen-bond acceptors (Lipinski definition) is 2. The molecule has 0 aromatic heterocycles. The number of halogens is 2. The monoisotopic (exact) mass is 356 g/mol. The molecule has 1 aliphatic rings. The smallest absolute Gasteiger partial charge is 0.240 e. The van der Waals surface area contributed by atoms with Gasteiger partial charge in [-0.05, 0) is 43.9 Å². The first kappa shape index (κ1) is 18.1. The van der Waals surface area contributed by atoms with Gasteiger partial charge in [-0.2, -0.15) is 0 Å². The molecule has 0 atom stereocenters. The fraction of sp³-hybridized carbons (Fsp3) is 0.529. The molecule has 4 nitrogen and oxygen atoms in total. The minimum atomic E-state index is -0.935. The predicted molar refractivity (Wildman–Crippen MR) is 93.9 cm³/mol. The van der Waals surface area contributed by atoms with Crippen molar-refractivity contribution in [3.8, 4) is 0 Å². The third-order valence-corrected chi connectivity index (χ3v) is 4.61. The maximum atomic E-state index is 12.8. The van der Waals surface area contributed by atoms with Crippen LogP contribution in [0.1, 0.15) is 39.5 Å². The Hall–Kier alpha value is -1.26. The molecular formula is C17H22Cl2N2O2. The first-order valence-electron chi connectivity index (χ1n) is 8.00. The van der Waals surface area contributed by atoms with Gasteiger partial charge in [0.05, 0.1) is 10.7 Å². The molecule has 1 saturated carbocycles. The number of carbonyl (C=O) groups is 2. The summed E-state index contributed by atoms with van der Waals surface area (Å²) in [4.78, 5) is 27.2. The van der Waals surface area contributed by atoms with Gasteiger partial charge in [-0.25, -0.2) is 0 Å². The van der Waals surface area contributed by atoms with E-state index in [1.54, 1.807) is 23.1 Å². The summed E-state index contributed by atoms with van der Waals surface area (Å²) in [6.07, 6.45) is 2.92. The highest BCUT2D eigenvalue weighted by atomic mass is 35.5. The van der Waals surface area contributed by atoms with Crippen LogP contribution in [0.2, 0.25) is 10.0 Å². The zero-order valence-electron chi connectivity index (χ0n) is 13.5. The topological polar surface area (TPSA) is 49.4 Å². The van der Waals surface area contributed by atoms with Crippen molar-refractivity contribution in [3.63, 3.8) is 0 Å². The number of amides is 2. The second-order valence-corrected chi connectivity index (χ2v) is 6.80. The highest BCUT2D eigenvalue weighted by Gasteiger charge is 2.57. The van der Waals surface area contributed by atoms with Gasteiger partial charge in [0.15, 0.2) is 0 Å². The molecule has 0 unspecified atom stereocenters. The van der Waals surface area contributed by atoms with Gasteiger partial charge in [-0.15, -0.1) is 0 Å². The summed E-state index contributed by atoms with van der Waals surface area (Å²) in [6, 6.07) is 4.88. The van der Waals surface area contributed by atoms with Crippen LogP contribution < -0.4 is 5.32 Å². The molecule has 0 heterocycles. The Morgan fingerprint density at radius 2 is 1.78 bits per heavy atom. The van der Waals surface area contributed by atoms with Gasteiger partial charge in [0, 0.05) is 18.1 Å². The highest BCUT2D eigenvalue weighted by molar-refractivity contribution is 6.36. The van der Waals surface area contributed by atoms with Crippen LogP contribution in [-0.2, 0) is 9.59 Å². The first-order valence-corrected chi connectivity index (χ1v) is 8.76. The van der Waals surface area contributed by atoms with Crippen molar-refractivity contribution >= 4 is 40.7 Å². The van der Waals surface area contributed by atoms with Gasteiger partial charge in [0.25, 0.3) is 0 Å². The summed E-state index contributed by atoms with van der Waals surface area (Å²) in [5.41, 5.74) is -0.489. The molecule has 0 radical (unpaired) electrons. The van der Waals surface area contributed by atoms with E-state index >= 15 is 0 Å². The number of hydrogen-bond donors (Lipinski definition) is 1. The standard InChI is InChI=1S/C17H22Cl2N2O2/c1-3-9-21(10-4-2)16(23)17(7-8-17)15(22)20-14-11-12(18)5-6-13(14)19/h5-6,11H,3-4,7-10H2,1-2H3,(H,20,22). The van der Waals surface area contributed by atoms with Crippen molar-refractivity contribution < 1.29 is 9.59 Å². The molecule has 0 spiro atoms. The Balaban J connectivity index is 2.14. The Morgan fingerprint density at radius 1 is 1.17 bits per heavy atom. The van der Waals surface area contributed by atoms with Crippen LogP contribution in [0.3, 0.4) is 0 Å². The zero-order chi connectivity index (χ0) is 17.0. The number of carbonyl (C=O) groups excluding carboxylic acids is 2. The van der Waals surface area contributed by atoms with Gasteiger partial charge in [0.1, 0.15) is 5.41 Å². The lowest BCUT2D eigenvalue weighted by Gasteiger charge is -2.26. The molecule has 126 valence electrons. The van der Waals surface area contributed by atoms with Crippen LogP contribution in [0.4, 0.5) is 5.69 Å². The number of benzene rings is 1. The fourth-order valence-electron chi connectivity index (χ4n) is 2.66. The minimum absolute atomic E-state index is 0.0724. The fourth-order valence-corrected chi connectivity index (χ4v) is 2.99. The van der Waals surface area contributed by atoms with Gasteiger partial charge in [-0.3, -0.25) is 9.59 Å². The molecule has 2 rings (SSSR count). The normalized spacial score (nSPS) is 15.1. The first-order chi connectivity index (χ1) is 10.9. The molecule has 1 N–H and O–H groups in total. The lowest BCUT2D eigenvalue weighted by atomic mass is 10.0. The highest BCUT2D eigenvalue weighted by Crippen LogP contribution is 2.48. The van der Waals surface area contributed by atoms with Crippen molar-refractivity contribution in [3.05, 3.63) is 28.2 Å². The van der Waals surface area contributed by atoms with Gasteiger partial charge >= 0.3 is 0 Å². The van der Waals surface area contributed by atoms with E-state index in [4.69, 9.17) is 23.2 Å². The third-order valence-electron chi connectivity index (χ3n) is 4.04. The van der Waals surface area contributed by atoms with Crippen LogP contribution in [0, 0.1) is 5.41 Å². The number of rotatable bonds is 7. The van der Waals surface area contributed by atoms with Crippen LogP contribution in [0.25, 0.3) is 0 Å². The predicted octanol–water partition coefficient (Wildman–Crippen LogP) is 4.36. The molecule has 6 heteroatoms. The second-order valence-electron chi connectivity index (χ2n) is 5.95. The second kappa shape index (κ2) is 7.54.